The van der Waals surface area contributed by atoms with Crippen LogP contribution in [0.5, 0.6) is 0 Å². The Labute approximate surface area is 236 Å². The molecule has 220 valence electrons. The van der Waals surface area contributed by atoms with Crippen LogP contribution in [0.3, 0.4) is 0 Å². The Bertz CT molecular complexity index is 1010. The number of urea groups is 1. The van der Waals surface area contributed by atoms with E-state index >= 15 is 0 Å². The lowest BCUT2D eigenvalue weighted by atomic mass is 9.80. The van der Waals surface area contributed by atoms with Gasteiger partial charge in [-0.25, -0.2) is 14.6 Å². The number of carboxylic acid groups (broad SMARTS) is 1. The van der Waals surface area contributed by atoms with Gasteiger partial charge in [-0.3, -0.25) is 14.5 Å². The predicted molar refractivity (Wildman–Crippen MR) is 153 cm³/mol. The molecule has 2 rings (SSSR count). The fraction of sp³-hybridized carbons (Fsp3) is 0.750. The second-order valence-corrected chi connectivity index (χ2v) is 12.2. The van der Waals surface area contributed by atoms with Crippen molar-refractivity contribution in [3.63, 3.8) is 0 Å². The van der Waals surface area contributed by atoms with E-state index in [1.165, 1.54) is 16.7 Å². The maximum Gasteiger partial charge on any atom is 0.355 e. The SMILES string of the molecule is CCNC(=O)N[C@H](C[C@H](C(C)C)N(C)C(=O)[C@@H](CC(=O)[C@@]1(C)CCCN1C)[C@@H](C)CC)c1nc(C(=O)O)cs1. The number of likely N-dealkylation sites (tertiary alicyclic amines) is 1. The van der Waals surface area contributed by atoms with Gasteiger partial charge in [-0.1, -0.05) is 34.1 Å². The molecule has 3 N–H and O–H groups in total. The molecule has 1 aromatic rings. The third-order valence-corrected chi connectivity index (χ3v) is 9.39. The van der Waals surface area contributed by atoms with E-state index < -0.39 is 23.5 Å². The number of hydrogen-bond acceptors (Lipinski definition) is 7. The number of carboxylic acids is 1. The number of Topliss-reactive ketones (excluding diaryl/α,β-unsaturated/α-hetero) is 1. The molecule has 1 aromatic heterocycles. The minimum Gasteiger partial charge on any atom is -0.476 e. The Balaban J connectivity index is 2.33. The molecule has 1 aliphatic heterocycles. The summed E-state index contributed by atoms with van der Waals surface area (Å²) >= 11 is 1.17. The Morgan fingerprint density at radius 2 is 1.90 bits per heavy atom. The maximum atomic E-state index is 14.0. The molecule has 39 heavy (non-hydrogen) atoms. The molecule has 5 atom stereocenters. The summed E-state index contributed by atoms with van der Waals surface area (Å²) in [5.74, 6) is -1.51. The van der Waals surface area contributed by atoms with Crippen LogP contribution >= 0.6 is 11.3 Å². The highest BCUT2D eigenvalue weighted by Gasteiger charge is 2.43. The molecule has 10 nitrogen and oxygen atoms in total. The highest BCUT2D eigenvalue weighted by Crippen LogP contribution is 2.34. The van der Waals surface area contributed by atoms with Crippen molar-refractivity contribution in [1.82, 2.24) is 25.4 Å². The fourth-order valence-corrected chi connectivity index (χ4v) is 6.22. The number of nitrogens with zero attached hydrogens (tertiary/aromatic N) is 3. The number of aromatic carboxylic acids is 1. The van der Waals surface area contributed by atoms with Gasteiger partial charge < -0.3 is 20.6 Å². The summed E-state index contributed by atoms with van der Waals surface area (Å²) in [5.41, 5.74) is -0.625. The van der Waals surface area contributed by atoms with Crippen molar-refractivity contribution in [3.8, 4) is 0 Å². The van der Waals surface area contributed by atoms with Gasteiger partial charge in [0, 0.05) is 37.4 Å². The number of ketones is 1. The van der Waals surface area contributed by atoms with E-state index in [4.69, 9.17) is 0 Å². The Morgan fingerprint density at radius 3 is 2.38 bits per heavy atom. The number of carbonyl (C=O) groups is 4. The van der Waals surface area contributed by atoms with Gasteiger partial charge in [0.15, 0.2) is 11.5 Å². The van der Waals surface area contributed by atoms with Gasteiger partial charge in [0.2, 0.25) is 5.91 Å². The summed E-state index contributed by atoms with van der Waals surface area (Å²) in [4.78, 5) is 59.5. The van der Waals surface area contributed by atoms with Gasteiger partial charge in [0.1, 0.15) is 5.01 Å². The van der Waals surface area contributed by atoms with E-state index in [0.717, 1.165) is 25.8 Å². The first-order valence-electron chi connectivity index (χ1n) is 14.0. The zero-order valence-corrected chi connectivity index (χ0v) is 25.6. The molecule has 0 aromatic carbocycles. The van der Waals surface area contributed by atoms with Crippen molar-refractivity contribution in [3.05, 3.63) is 16.1 Å². The van der Waals surface area contributed by atoms with Crippen molar-refractivity contribution < 1.29 is 24.3 Å². The van der Waals surface area contributed by atoms with Gasteiger partial charge >= 0.3 is 12.0 Å². The number of amides is 3. The molecule has 0 saturated carbocycles. The van der Waals surface area contributed by atoms with Gasteiger partial charge in [0.25, 0.3) is 0 Å². The number of carbonyl (C=O) groups excluding carboxylic acids is 3. The van der Waals surface area contributed by atoms with Crippen LogP contribution in [-0.4, -0.2) is 82.3 Å². The van der Waals surface area contributed by atoms with Crippen molar-refractivity contribution >= 4 is 35.0 Å². The standard InChI is InChI=1S/C28H47N5O5S/c1-9-18(5)19(14-23(34)28(6)12-11-13-32(28)7)25(35)33(8)22(17(3)4)15-20(31-27(38)29-10-2)24-30-21(16-39-24)26(36)37/h16-20,22H,9-15H2,1-8H3,(H,36,37)(H2,29,31,38)/t18-,19-,20+,22+,28+/m0/s1. The first-order valence-corrected chi connectivity index (χ1v) is 14.9. The molecule has 1 saturated heterocycles. The Hall–Kier alpha value is -2.53. The van der Waals surface area contributed by atoms with Gasteiger partial charge in [-0.2, -0.15) is 0 Å². The van der Waals surface area contributed by atoms with Crippen molar-refractivity contribution in [2.45, 2.75) is 91.3 Å². The monoisotopic (exact) mass is 565 g/mol. The zero-order chi connectivity index (χ0) is 29.5. The number of nitrogens with one attached hydrogen (secondary N) is 2. The van der Waals surface area contributed by atoms with Crippen LogP contribution in [0.25, 0.3) is 0 Å². The first kappa shape index (κ1) is 32.7. The summed E-state index contributed by atoms with van der Waals surface area (Å²) in [5, 5.41) is 16.9. The lowest BCUT2D eigenvalue weighted by Crippen LogP contribution is -2.50. The predicted octanol–water partition coefficient (Wildman–Crippen LogP) is 4.18. The number of likely N-dealkylation sites (N-methyl/N-ethyl adjacent to an activating group) is 1. The average Bonchev–Trinajstić information content (AvgIpc) is 3.51. The van der Waals surface area contributed by atoms with Crippen LogP contribution in [0, 0.1) is 17.8 Å². The largest absolute Gasteiger partial charge is 0.476 e. The molecular formula is C28H47N5O5S. The Morgan fingerprint density at radius 1 is 1.23 bits per heavy atom. The van der Waals surface area contributed by atoms with Crippen LogP contribution in [-0.2, 0) is 9.59 Å². The molecule has 1 aliphatic rings. The van der Waals surface area contributed by atoms with Crippen LogP contribution in [0.1, 0.15) is 95.2 Å². The van der Waals surface area contributed by atoms with Crippen LogP contribution < -0.4 is 10.6 Å². The molecule has 11 heteroatoms. The topological polar surface area (TPSA) is 132 Å². The van der Waals surface area contributed by atoms with Gasteiger partial charge in [-0.15, -0.1) is 11.3 Å². The van der Waals surface area contributed by atoms with Gasteiger partial charge in [0.05, 0.1) is 11.6 Å². The van der Waals surface area contributed by atoms with Crippen molar-refractivity contribution in [2.75, 3.05) is 27.2 Å². The second kappa shape index (κ2) is 14.2. The number of aromatic nitrogens is 1. The average molecular weight is 566 g/mol. The number of rotatable bonds is 14. The molecule has 0 radical (unpaired) electrons. The molecular weight excluding hydrogens is 518 g/mol. The quantitative estimate of drug-likeness (QED) is 0.308. The van der Waals surface area contributed by atoms with Crippen LogP contribution in [0.15, 0.2) is 5.38 Å². The fourth-order valence-electron chi connectivity index (χ4n) is 5.37. The van der Waals surface area contributed by atoms with E-state index in [1.54, 1.807) is 11.9 Å². The second-order valence-electron chi connectivity index (χ2n) is 11.3. The molecule has 0 bridgehead atoms. The molecule has 1 fully saturated rings. The molecule has 3 amide bonds. The summed E-state index contributed by atoms with van der Waals surface area (Å²) in [6.07, 6.45) is 3.09. The van der Waals surface area contributed by atoms with Crippen LogP contribution in [0.2, 0.25) is 0 Å². The summed E-state index contributed by atoms with van der Waals surface area (Å²) < 4.78 is 0. The maximum absolute atomic E-state index is 14.0. The molecule has 0 spiro atoms. The third-order valence-electron chi connectivity index (χ3n) is 8.43. The molecule has 0 aliphatic carbocycles. The Kier molecular flexibility index (Phi) is 11.9. The summed E-state index contributed by atoms with van der Waals surface area (Å²) in [7, 11) is 3.74. The van der Waals surface area contributed by atoms with Crippen molar-refractivity contribution in [1.29, 1.82) is 0 Å². The normalized spacial score (nSPS) is 20.7. The van der Waals surface area contributed by atoms with E-state index in [1.807, 2.05) is 48.6 Å². The van der Waals surface area contributed by atoms with Crippen LogP contribution in [0.4, 0.5) is 4.79 Å². The smallest absolute Gasteiger partial charge is 0.355 e. The minimum atomic E-state index is -1.13. The highest BCUT2D eigenvalue weighted by atomic mass is 32.1. The number of thiazole rings is 1. The lowest BCUT2D eigenvalue weighted by molar-refractivity contribution is -0.143. The van der Waals surface area contributed by atoms with E-state index in [-0.39, 0.29) is 47.7 Å². The third kappa shape index (κ3) is 8.00. The summed E-state index contributed by atoms with van der Waals surface area (Å²) in [6.45, 7) is 13.2. The molecule has 0 unspecified atom stereocenters. The lowest BCUT2D eigenvalue weighted by Gasteiger charge is -2.38. The van der Waals surface area contributed by atoms with Crippen molar-refractivity contribution in [2.24, 2.45) is 17.8 Å². The summed E-state index contributed by atoms with van der Waals surface area (Å²) in [6, 6.07) is -1.26. The van der Waals surface area contributed by atoms with Gasteiger partial charge in [-0.05, 0) is 58.5 Å². The highest BCUT2D eigenvalue weighted by molar-refractivity contribution is 7.09. The molecule has 2 heterocycles. The van der Waals surface area contributed by atoms with E-state index in [9.17, 15) is 24.3 Å². The first-order chi connectivity index (χ1) is 18.3. The minimum absolute atomic E-state index is 0.0216. The van der Waals surface area contributed by atoms with E-state index in [2.05, 4.69) is 20.5 Å². The van der Waals surface area contributed by atoms with E-state index in [0.29, 0.717) is 18.0 Å². The number of hydrogen-bond donors (Lipinski definition) is 3. The zero-order valence-electron chi connectivity index (χ0n) is 24.7.